The van der Waals surface area contributed by atoms with Crippen LogP contribution in [0.5, 0.6) is 0 Å². The van der Waals surface area contributed by atoms with E-state index < -0.39 is 0 Å². The van der Waals surface area contributed by atoms with Gasteiger partial charge in [-0.05, 0) is 56.3 Å². The van der Waals surface area contributed by atoms with Gasteiger partial charge in [-0.25, -0.2) is 0 Å². The third-order valence-corrected chi connectivity index (χ3v) is 4.64. The van der Waals surface area contributed by atoms with E-state index in [9.17, 15) is 4.79 Å². The number of carbonyl (C=O) groups excluding carboxylic acids is 1. The Kier molecular flexibility index (Phi) is 3.15. The number of hydrogen-bond donors (Lipinski definition) is 2. The Labute approximate surface area is 123 Å². The highest BCUT2D eigenvalue weighted by atomic mass is 16.5. The van der Waals surface area contributed by atoms with Crippen molar-refractivity contribution in [3.63, 3.8) is 0 Å². The Morgan fingerprint density at radius 3 is 3.00 bits per heavy atom. The summed E-state index contributed by atoms with van der Waals surface area (Å²) in [6, 6.07) is 3.97. The first-order chi connectivity index (χ1) is 10.3. The normalized spacial score (nSPS) is 19.0. The highest BCUT2D eigenvalue weighted by Crippen LogP contribution is 2.31. The number of fused-ring (bicyclic) bond motifs is 2. The third kappa shape index (κ3) is 2.42. The fraction of sp³-hybridized carbons (Fsp3) is 0.500. The summed E-state index contributed by atoms with van der Waals surface area (Å²) in [4.78, 5) is 11.5. The number of aromatic nitrogens is 1. The average molecular weight is 285 g/mol. The Balaban J connectivity index is 1.55. The summed E-state index contributed by atoms with van der Waals surface area (Å²) < 4.78 is 5.44. The molecule has 0 unspecified atom stereocenters. The summed E-state index contributed by atoms with van der Waals surface area (Å²) in [6.45, 7) is 2.26. The number of nitrogens with zero attached hydrogens (tertiary/aromatic N) is 1. The number of aryl methyl sites for hydroxylation is 1. The van der Waals surface area contributed by atoms with Crippen LogP contribution in [-0.2, 0) is 17.6 Å². The van der Waals surface area contributed by atoms with E-state index in [0.717, 1.165) is 59.8 Å². The first-order valence-corrected chi connectivity index (χ1v) is 7.71. The van der Waals surface area contributed by atoms with Gasteiger partial charge in [-0.15, -0.1) is 0 Å². The lowest BCUT2D eigenvalue weighted by Gasteiger charge is -2.21. The SMILES string of the molecule is O=C1Cc2cc3c(CCC4CCNCC4)noc3cc2N1. The lowest BCUT2D eigenvalue weighted by molar-refractivity contribution is -0.115. The van der Waals surface area contributed by atoms with Crippen LogP contribution in [0.4, 0.5) is 5.69 Å². The molecule has 2 N–H and O–H groups in total. The van der Waals surface area contributed by atoms with Crippen LogP contribution < -0.4 is 10.6 Å². The van der Waals surface area contributed by atoms with Gasteiger partial charge in [0.05, 0.1) is 12.1 Å². The minimum absolute atomic E-state index is 0.0573. The number of amides is 1. The van der Waals surface area contributed by atoms with Crippen molar-refractivity contribution in [3.05, 3.63) is 23.4 Å². The van der Waals surface area contributed by atoms with Crippen molar-refractivity contribution in [1.29, 1.82) is 0 Å². The molecule has 3 heterocycles. The minimum Gasteiger partial charge on any atom is -0.356 e. The van der Waals surface area contributed by atoms with Crippen molar-refractivity contribution in [2.45, 2.75) is 32.1 Å². The molecule has 21 heavy (non-hydrogen) atoms. The van der Waals surface area contributed by atoms with E-state index in [-0.39, 0.29) is 5.91 Å². The quantitative estimate of drug-likeness (QED) is 0.907. The highest BCUT2D eigenvalue weighted by Gasteiger charge is 2.21. The van der Waals surface area contributed by atoms with Crippen LogP contribution in [0.15, 0.2) is 16.7 Å². The van der Waals surface area contributed by atoms with Gasteiger partial charge in [0.1, 0.15) is 0 Å². The molecule has 4 rings (SSSR count). The largest absolute Gasteiger partial charge is 0.356 e. The predicted molar refractivity (Wildman–Crippen MR) is 80.3 cm³/mol. The maximum absolute atomic E-state index is 11.5. The molecule has 0 radical (unpaired) electrons. The van der Waals surface area contributed by atoms with Crippen molar-refractivity contribution in [1.82, 2.24) is 10.5 Å². The Bertz CT molecular complexity index is 686. The predicted octanol–water partition coefficient (Wildman–Crippen LogP) is 2.25. The van der Waals surface area contributed by atoms with Gasteiger partial charge >= 0.3 is 0 Å². The monoisotopic (exact) mass is 285 g/mol. The molecule has 2 aromatic rings. The molecule has 0 spiro atoms. The fourth-order valence-electron chi connectivity index (χ4n) is 3.40. The zero-order chi connectivity index (χ0) is 14.2. The van der Waals surface area contributed by atoms with Crippen molar-refractivity contribution >= 4 is 22.6 Å². The molecule has 1 aromatic heterocycles. The second kappa shape index (κ2) is 5.15. The van der Waals surface area contributed by atoms with Gasteiger partial charge < -0.3 is 15.2 Å². The topological polar surface area (TPSA) is 67.2 Å². The van der Waals surface area contributed by atoms with Crippen LogP contribution in [0.25, 0.3) is 11.0 Å². The Morgan fingerprint density at radius 1 is 1.29 bits per heavy atom. The number of carbonyl (C=O) groups is 1. The van der Waals surface area contributed by atoms with E-state index in [4.69, 9.17) is 4.52 Å². The van der Waals surface area contributed by atoms with Crippen molar-refractivity contribution in [2.75, 3.05) is 18.4 Å². The van der Waals surface area contributed by atoms with Crippen LogP contribution in [0.2, 0.25) is 0 Å². The molecular formula is C16H19N3O2. The fourth-order valence-corrected chi connectivity index (χ4v) is 3.40. The summed E-state index contributed by atoms with van der Waals surface area (Å²) in [5.74, 6) is 0.845. The molecule has 1 aromatic carbocycles. The summed E-state index contributed by atoms with van der Waals surface area (Å²) in [6.07, 6.45) is 5.09. The van der Waals surface area contributed by atoms with Gasteiger partial charge in [0, 0.05) is 17.1 Å². The molecule has 1 fully saturated rings. The van der Waals surface area contributed by atoms with Crippen molar-refractivity contribution in [2.24, 2.45) is 5.92 Å². The van der Waals surface area contributed by atoms with Crippen molar-refractivity contribution in [3.8, 4) is 0 Å². The number of rotatable bonds is 3. The molecule has 5 nitrogen and oxygen atoms in total. The van der Waals surface area contributed by atoms with E-state index in [0.29, 0.717) is 6.42 Å². The average Bonchev–Trinajstić information content (AvgIpc) is 3.05. The second-order valence-electron chi connectivity index (χ2n) is 6.09. The van der Waals surface area contributed by atoms with E-state index in [2.05, 4.69) is 21.9 Å². The first kappa shape index (κ1) is 12.8. The molecule has 0 bridgehead atoms. The zero-order valence-corrected chi connectivity index (χ0v) is 11.9. The number of piperidine rings is 1. The van der Waals surface area contributed by atoms with Gasteiger partial charge in [-0.3, -0.25) is 4.79 Å². The van der Waals surface area contributed by atoms with E-state index >= 15 is 0 Å². The third-order valence-electron chi connectivity index (χ3n) is 4.64. The van der Waals surface area contributed by atoms with Crippen LogP contribution in [0.3, 0.4) is 0 Å². The van der Waals surface area contributed by atoms with E-state index in [1.165, 1.54) is 12.8 Å². The van der Waals surface area contributed by atoms with Crippen LogP contribution >= 0.6 is 0 Å². The molecule has 2 aliphatic rings. The lowest BCUT2D eigenvalue weighted by Crippen LogP contribution is -2.27. The molecule has 0 atom stereocenters. The van der Waals surface area contributed by atoms with Crippen molar-refractivity contribution < 1.29 is 9.32 Å². The van der Waals surface area contributed by atoms with Crippen LogP contribution in [0.1, 0.15) is 30.5 Å². The summed E-state index contributed by atoms with van der Waals surface area (Å²) in [7, 11) is 0. The zero-order valence-electron chi connectivity index (χ0n) is 11.9. The molecule has 5 heteroatoms. The van der Waals surface area contributed by atoms with Crippen LogP contribution in [-0.4, -0.2) is 24.2 Å². The number of benzene rings is 1. The summed E-state index contributed by atoms with van der Waals surface area (Å²) >= 11 is 0. The van der Waals surface area contributed by atoms with E-state index in [1.807, 2.05) is 6.07 Å². The number of hydrogen-bond acceptors (Lipinski definition) is 4. The Hall–Kier alpha value is -1.88. The molecular weight excluding hydrogens is 266 g/mol. The van der Waals surface area contributed by atoms with Gasteiger partial charge in [0.25, 0.3) is 0 Å². The van der Waals surface area contributed by atoms with E-state index in [1.54, 1.807) is 0 Å². The number of anilines is 1. The molecule has 2 aliphatic heterocycles. The maximum atomic E-state index is 11.5. The molecule has 1 saturated heterocycles. The van der Waals surface area contributed by atoms with Crippen LogP contribution in [0, 0.1) is 5.92 Å². The van der Waals surface area contributed by atoms with Gasteiger partial charge in [0.15, 0.2) is 5.58 Å². The second-order valence-corrected chi connectivity index (χ2v) is 6.09. The number of nitrogens with one attached hydrogen (secondary N) is 2. The molecule has 110 valence electrons. The minimum atomic E-state index is 0.0573. The molecule has 1 amide bonds. The van der Waals surface area contributed by atoms with Gasteiger partial charge in [-0.1, -0.05) is 5.16 Å². The summed E-state index contributed by atoms with van der Waals surface area (Å²) in [5, 5.41) is 11.6. The van der Waals surface area contributed by atoms with Gasteiger partial charge in [-0.2, -0.15) is 0 Å². The molecule has 0 aliphatic carbocycles. The van der Waals surface area contributed by atoms with Gasteiger partial charge in [0.2, 0.25) is 5.91 Å². The highest BCUT2D eigenvalue weighted by molar-refractivity contribution is 6.02. The molecule has 0 saturated carbocycles. The summed E-state index contributed by atoms with van der Waals surface area (Å²) in [5.41, 5.74) is 3.73. The lowest BCUT2D eigenvalue weighted by atomic mass is 9.92. The first-order valence-electron chi connectivity index (χ1n) is 7.71. The maximum Gasteiger partial charge on any atom is 0.228 e. The smallest absolute Gasteiger partial charge is 0.228 e. The Morgan fingerprint density at radius 2 is 2.14 bits per heavy atom. The standard InChI is InChI=1S/C16H19N3O2/c20-16-8-11-7-12-13(2-1-10-3-5-17-6-4-10)19-21-15(12)9-14(11)18-16/h7,9-10,17H,1-6,8H2,(H,18,20).